The number of methoxy groups -OCH3 is 1. The Balaban J connectivity index is 0.00000324. The molecule has 0 bridgehead atoms. The maximum Gasteiger partial charge on any atom is 0.328 e. The summed E-state index contributed by atoms with van der Waals surface area (Å²) in [5.41, 5.74) is 0. The number of esters is 1. The third kappa shape index (κ3) is 6.25. The van der Waals surface area contributed by atoms with Gasteiger partial charge in [-0.15, -0.1) is 12.4 Å². The number of carbonyl (C=O) groups excluding carboxylic acids is 2. The SMILES string of the molecule is COC(=O)C(NC(=O)CCC1CCNC1)C(C)C.Cl. The fraction of sp³-hybridized carbons (Fsp3) is 0.846. The van der Waals surface area contributed by atoms with Crippen LogP contribution in [0.3, 0.4) is 0 Å². The smallest absolute Gasteiger partial charge is 0.328 e. The van der Waals surface area contributed by atoms with E-state index in [-0.39, 0.29) is 30.2 Å². The van der Waals surface area contributed by atoms with Gasteiger partial charge in [0, 0.05) is 6.42 Å². The Morgan fingerprint density at radius 1 is 1.42 bits per heavy atom. The van der Waals surface area contributed by atoms with Crippen LogP contribution in [0.25, 0.3) is 0 Å². The van der Waals surface area contributed by atoms with Gasteiger partial charge in [0.05, 0.1) is 7.11 Å². The van der Waals surface area contributed by atoms with E-state index in [1.54, 1.807) is 0 Å². The number of hydrogen-bond acceptors (Lipinski definition) is 4. The van der Waals surface area contributed by atoms with E-state index in [1.807, 2.05) is 13.8 Å². The highest BCUT2D eigenvalue weighted by molar-refractivity contribution is 5.85. The van der Waals surface area contributed by atoms with Crippen LogP contribution < -0.4 is 10.6 Å². The Bertz CT molecular complexity index is 292. The molecule has 1 saturated heterocycles. The number of halogens is 1. The van der Waals surface area contributed by atoms with Crippen LogP contribution in [0.2, 0.25) is 0 Å². The number of amides is 1. The van der Waals surface area contributed by atoms with Crippen LogP contribution in [0.4, 0.5) is 0 Å². The number of ether oxygens (including phenoxy) is 1. The molecule has 2 N–H and O–H groups in total. The lowest BCUT2D eigenvalue weighted by molar-refractivity contribution is -0.146. The van der Waals surface area contributed by atoms with E-state index in [0.29, 0.717) is 12.3 Å². The van der Waals surface area contributed by atoms with Gasteiger partial charge in [-0.05, 0) is 37.8 Å². The third-order valence-electron chi connectivity index (χ3n) is 3.38. The number of rotatable bonds is 6. The van der Waals surface area contributed by atoms with Gasteiger partial charge in [0.25, 0.3) is 0 Å². The number of carbonyl (C=O) groups is 2. The summed E-state index contributed by atoms with van der Waals surface area (Å²) < 4.78 is 4.69. The second-order valence-electron chi connectivity index (χ2n) is 5.21. The Morgan fingerprint density at radius 3 is 2.58 bits per heavy atom. The van der Waals surface area contributed by atoms with Crippen LogP contribution in [-0.2, 0) is 14.3 Å². The van der Waals surface area contributed by atoms with Gasteiger partial charge in [0.15, 0.2) is 0 Å². The Hall–Kier alpha value is -0.810. The molecule has 6 heteroatoms. The Labute approximate surface area is 121 Å². The summed E-state index contributed by atoms with van der Waals surface area (Å²) in [6.45, 7) is 5.83. The molecule has 0 aromatic carbocycles. The maximum absolute atomic E-state index is 11.8. The monoisotopic (exact) mass is 292 g/mol. The molecule has 2 unspecified atom stereocenters. The minimum absolute atomic E-state index is 0. The van der Waals surface area contributed by atoms with Gasteiger partial charge in [0.2, 0.25) is 5.91 Å². The van der Waals surface area contributed by atoms with Crippen molar-refractivity contribution in [1.29, 1.82) is 0 Å². The largest absolute Gasteiger partial charge is 0.467 e. The van der Waals surface area contributed by atoms with E-state index >= 15 is 0 Å². The van der Waals surface area contributed by atoms with Crippen molar-refractivity contribution in [3.63, 3.8) is 0 Å². The average molecular weight is 293 g/mol. The molecular weight excluding hydrogens is 268 g/mol. The van der Waals surface area contributed by atoms with Crippen molar-refractivity contribution in [3.05, 3.63) is 0 Å². The Morgan fingerprint density at radius 2 is 2.11 bits per heavy atom. The van der Waals surface area contributed by atoms with E-state index in [4.69, 9.17) is 0 Å². The van der Waals surface area contributed by atoms with Crippen LogP contribution in [0.15, 0.2) is 0 Å². The highest BCUT2D eigenvalue weighted by Gasteiger charge is 2.25. The van der Waals surface area contributed by atoms with Crippen molar-refractivity contribution in [2.24, 2.45) is 11.8 Å². The topological polar surface area (TPSA) is 67.4 Å². The third-order valence-corrected chi connectivity index (χ3v) is 3.38. The molecule has 5 nitrogen and oxygen atoms in total. The first-order chi connectivity index (χ1) is 8.54. The zero-order valence-electron chi connectivity index (χ0n) is 11.9. The maximum atomic E-state index is 11.8. The Kier molecular flexibility index (Phi) is 8.76. The predicted octanol–water partition coefficient (Wildman–Crippen LogP) is 1.11. The van der Waals surface area contributed by atoms with Crippen molar-refractivity contribution in [1.82, 2.24) is 10.6 Å². The highest BCUT2D eigenvalue weighted by atomic mass is 35.5. The minimum atomic E-state index is -0.538. The molecule has 1 rings (SSSR count). The van der Waals surface area contributed by atoms with Crippen molar-refractivity contribution in [2.75, 3.05) is 20.2 Å². The lowest BCUT2D eigenvalue weighted by Crippen LogP contribution is -2.45. The second-order valence-corrected chi connectivity index (χ2v) is 5.21. The van der Waals surface area contributed by atoms with Crippen molar-refractivity contribution >= 4 is 24.3 Å². The fourth-order valence-corrected chi connectivity index (χ4v) is 2.17. The fourth-order valence-electron chi connectivity index (χ4n) is 2.17. The van der Waals surface area contributed by atoms with E-state index in [2.05, 4.69) is 15.4 Å². The summed E-state index contributed by atoms with van der Waals surface area (Å²) in [7, 11) is 1.34. The molecular formula is C13H25ClN2O3. The van der Waals surface area contributed by atoms with E-state index in [0.717, 1.165) is 25.9 Å². The summed E-state index contributed by atoms with van der Waals surface area (Å²) in [5.74, 6) is 0.188. The first kappa shape index (κ1) is 18.2. The summed E-state index contributed by atoms with van der Waals surface area (Å²) in [5, 5.41) is 6.03. The zero-order chi connectivity index (χ0) is 13.5. The molecule has 19 heavy (non-hydrogen) atoms. The van der Waals surface area contributed by atoms with Gasteiger partial charge in [-0.25, -0.2) is 4.79 Å². The lowest BCUT2D eigenvalue weighted by Gasteiger charge is -2.20. The standard InChI is InChI=1S/C13H24N2O3.ClH/c1-9(2)12(13(17)18-3)15-11(16)5-4-10-6-7-14-8-10;/h9-10,12,14H,4-8H2,1-3H3,(H,15,16);1H. The first-order valence-electron chi connectivity index (χ1n) is 6.62. The molecule has 112 valence electrons. The quantitative estimate of drug-likeness (QED) is 0.720. The van der Waals surface area contributed by atoms with Crippen LogP contribution in [0.5, 0.6) is 0 Å². The molecule has 1 heterocycles. The molecule has 1 aliphatic rings. The van der Waals surface area contributed by atoms with Crippen molar-refractivity contribution in [2.45, 2.75) is 39.2 Å². The normalized spacial score (nSPS) is 19.7. The summed E-state index contributed by atoms with van der Waals surface area (Å²) in [6.07, 6.45) is 2.50. The number of hydrogen-bond donors (Lipinski definition) is 2. The summed E-state index contributed by atoms with van der Waals surface area (Å²) in [6, 6.07) is -0.538. The van der Waals surface area contributed by atoms with Crippen LogP contribution in [-0.4, -0.2) is 38.1 Å². The van der Waals surface area contributed by atoms with Gasteiger partial charge in [-0.3, -0.25) is 4.79 Å². The van der Waals surface area contributed by atoms with Gasteiger partial charge < -0.3 is 15.4 Å². The molecule has 0 aromatic rings. The molecule has 0 spiro atoms. The second kappa shape index (κ2) is 9.15. The lowest BCUT2D eigenvalue weighted by atomic mass is 10.0. The molecule has 0 aliphatic carbocycles. The first-order valence-corrected chi connectivity index (χ1v) is 6.62. The van der Waals surface area contributed by atoms with Gasteiger partial charge in [-0.1, -0.05) is 13.8 Å². The molecule has 2 atom stereocenters. The molecule has 1 aliphatic heterocycles. The van der Waals surface area contributed by atoms with E-state index in [1.165, 1.54) is 7.11 Å². The van der Waals surface area contributed by atoms with E-state index in [9.17, 15) is 9.59 Å². The van der Waals surface area contributed by atoms with Crippen LogP contribution >= 0.6 is 12.4 Å². The summed E-state index contributed by atoms with van der Waals surface area (Å²) >= 11 is 0. The van der Waals surface area contributed by atoms with Gasteiger partial charge >= 0.3 is 5.97 Å². The van der Waals surface area contributed by atoms with Crippen molar-refractivity contribution in [3.8, 4) is 0 Å². The molecule has 1 fully saturated rings. The highest BCUT2D eigenvalue weighted by Crippen LogP contribution is 2.14. The molecule has 0 aromatic heterocycles. The van der Waals surface area contributed by atoms with E-state index < -0.39 is 6.04 Å². The van der Waals surface area contributed by atoms with Crippen molar-refractivity contribution < 1.29 is 14.3 Å². The molecule has 0 saturated carbocycles. The minimum Gasteiger partial charge on any atom is -0.467 e. The van der Waals surface area contributed by atoms with Crippen LogP contribution in [0.1, 0.15) is 33.1 Å². The number of nitrogens with one attached hydrogen (secondary N) is 2. The van der Waals surface area contributed by atoms with Gasteiger partial charge in [-0.2, -0.15) is 0 Å². The molecule has 1 amide bonds. The average Bonchev–Trinajstić information content (AvgIpc) is 2.85. The summed E-state index contributed by atoms with van der Waals surface area (Å²) in [4.78, 5) is 23.3. The van der Waals surface area contributed by atoms with Crippen LogP contribution in [0, 0.1) is 11.8 Å². The zero-order valence-corrected chi connectivity index (χ0v) is 12.7. The predicted molar refractivity (Wildman–Crippen MR) is 76.2 cm³/mol. The van der Waals surface area contributed by atoms with Gasteiger partial charge in [0.1, 0.15) is 6.04 Å². The molecule has 0 radical (unpaired) electrons.